The molecule has 3 saturated heterocycles. The molecule has 5 rings (SSSR count). The van der Waals surface area contributed by atoms with Crippen molar-refractivity contribution in [2.45, 2.75) is 183 Å². The third-order valence-electron chi connectivity index (χ3n) is 15.3. The van der Waals surface area contributed by atoms with E-state index >= 15 is 0 Å². The van der Waals surface area contributed by atoms with Gasteiger partial charge in [-0.1, -0.05) is 92.7 Å². The maximum absolute atomic E-state index is 14.7. The summed E-state index contributed by atoms with van der Waals surface area (Å²) >= 11 is 0. The van der Waals surface area contributed by atoms with Crippen molar-refractivity contribution in [2.75, 3.05) is 19.9 Å². The Labute approximate surface area is 390 Å². The molecule has 0 spiro atoms. The topological polar surface area (TPSA) is 155 Å². The number of hydrogen-bond donors (Lipinski definition) is 2. The standard InChI is InChI=1S/C52H83N2O10P/c1-17-42-52(14,57)46(55)34(6)44(54-65(15,16)58)31(3)27-51(13,59-24-20-21-39-26-40-22-18-19-23-41(40)53-29-39)47(64-49-33(5)30(2)25-32(4)60-49)35(7)45(36(8)48(56)62-42)63-43-28-50(11,12)37(9)38(10)61-43/h18-23,26,29-38,42-43,45-47,49,55,57H,17,24-25,27-28H2,1-16H3/b21-20+,54-44?/t30-,31+,32+,33+,34-,35-,36+,37-,38-,42+,43-,45-,46+,47+,49-,51-,52+/m0/s1. The smallest absolute Gasteiger partial charge is 0.311 e. The molecule has 13 heteroatoms. The first kappa shape index (κ1) is 53.4. The molecule has 0 amide bonds. The summed E-state index contributed by atoms with van der Waals surface area (Å²) in [6.07, 6.45) is 2.19. The van der Waals surface area contributed by atoms with Gasteiger partial charge in [-0.3, -0.25) is 14.3 Å². The molecule has 3 aliphatic rings. The van der Waals surface area contributed by atoms with E-state index in [-0.39, 0.29) is 42.5 Å². The van der Waals surface area contributed by atoms with Gasteiger partial charge in [-0.15, -0.1) is 0 Å². The first-order valence-electron chi connectivity index (χ1n) is 24.2. The number of rotatable bonds is 10. The van der Waals surface area contributed by atoms with Crippen LogP contribution in [0.3, 0.4) is 0 Å². The van der Waals surface area contributed by atoms with E-state index in [1.807, 2.05) is 70.3 Å². The minimum atomic E-state index is -3.09. The molecule has 366 valence electrons. The fraction of sp³-hybridized carbons (Fsp3) is 0.750. The highest BCUT2D eigenvalue weighted by atomic mass is 31.2. The van der Waals surface area contributed by atoms with Crippen molar-refractivity contribution in [1.29, 1.82) is 0 Å². The van der Waals surface area contributed by atoms with Crippen LogP contribution in [-0.2, 0) is 37.8 Å². The van der Waals surface area contributed by atoms with Crippen LogP contribution in [0.25, 0.3) is 17.0 Å². The molecule has 1 aromatic carbocycles. The number of fused-ring (bicyclic) bond motifs is 1. The molecule has 65 heavy (non-hydrogen) atoms. The number of nitrogens with zero attached hydrogens (tertiary/aromatic N) is 2. The predicted molar refractivity (Wildman–Crippen MR) is 259 cm³/mol. The molecule has 1 aromatic heterocycles. The van der Waals surface area contributed by atoms with Crippen molar-refractivity contribution in [3.63, 3.8) is 0 Å². The van der Waals surface area contributed by atoms with Crippen molar-refractivity contribution in [2.24, 2.45) is 51.6 Å². The number of aliphatic hydroxyl groups excluding tert-OH is 1. The summed E-state index contributed by atoms with van der Waals surface area (Å²) in [7, 11) is -3.09. The second-order valence-electron chi connectivity index (χ2n) is 21.6. The van der Waals surface area contributed by atoms with Crippen LogP contribution < -0.4 is 0 Å². The molecule has 0 bridgehead atoms. The molecule has 17 atom stereocenters. The minimum Gasteiger partial charge on any atom is -0.459 e. The maximum atomic E-state index is 14.7. The Kier molecular flexibility index (Phi) is 17.6. The Morgan fingerprint density at radius 1 is 0.938 bits per heavy atom. The monoisotopic (exact) mass is 927 g/mol. The number of ether oxygens (including phenoxy) is 6. The lowest BCUT2D eigenvalue weighted by Crippen LogP contribution is -2.59. The van der Waals surface area contributed by atoms with Crippen molar-refractivity contribution >= 4 is 36.0 Å². The van der Waals surface area contributed by atoms with Gasteiger partial charge in [-0.2, -0.15) is 0 Å². The van der Waals surface area contributed by atoms with E-state index in [4.69, 9.17) is 33.2 Å². The lowest BCUT2D eigenvalue weighted by molar-refractivity contribution is -0.304. The summed E-state index contributed by atoms with van der Waals surface area (Å²) in [5, 5.41) is 25.4. The van der Waals surface area contributed by atoms with Crippen LogP contribution >= 0.6 is 7.29 Å². The molecule has 3 aliphatic heterocycles. The fourth-order valence-corrected chi connectivity index (χ4v) is 11.6. The van der Waals surface area contributed by atoms with E-state index in [1.165, 1.54) is 6.92 Å². The molecular weight excluding hydrogens is 844 g/mol. The average molecular weight is 927 g/mol. The molecule has 12 nitrogen and oxygen atoms in total. The van der Waals surface area contributed by atoms with E-state index in [1.54, 1.807) is 27.2 Å². The third-order valence-corrected chi connectivity index (χ3v) is 16.0. The first-order chi connectivity index (χ1) is 30.2. The second kappa shape index (κ2) is 21.4. The van der Waals surface area contributed by atoms with Gasteiger partial charge in [0.15, 0.2) is 19.9 Å². The van der Waals surface area contributed by atoms with Crippen molar-refractivity contribution in [1.82, 2.24) is 4.98 Å². The van der Waals surface area contributed by atoms with E-state index in [2.05, 4.69) is 59.5 Å². The molecule has 2 aromatic rings. The first-order valence-corrected chi connectivity index (χ1v) is 26.8. The van der Waals surface area contributed by atoms with Crippen LogP contribution in [0.2, 0.25) is 0 Å². The van der Waals surface area contributed by atoms with Gasteiger partial charge in [0.1, 0.15) is 11.7 Å². The van der Waals surface area contributed by atoms with Crippen LogP contribution in [0.4, 0.5) is 0 Å². The summed E-state index contributed by atoms with van der Waals surface area (Å²) in [6.45, 7) is 31.4. The van der Waals surface area contributed by atoms with E-state index in [9.17, 15) is 19.6 Å². The molecule has 0 unspecified atom stereocenters. The molecule has 0 radical (unpaired) electrons. The number of para-hydroxylation sites is 1. The Bertz CT molecular complexity index is 2020. The number of pyridine rings is 1. The molecule has 0 aliphatic carbocycles. The van der Waals surface area contributed by atoms with Gasteiger partial charge in [0.05, 0.1) is 54.2 Å². The van der Waals surface area contributed by atoms with Gasteiger partial charge in [-0.05, 0) is 94.7 Å². The number of carbonyl (C=O) groups is 1. The van der Waals surface area contributed by atoms with E-state index in [0.29, 0.717) is 24.5 Å². The molecule has 4 heterocycles. The van der Waals surface area contributed by atoms with Gasteiger partial charge < -0.3 is 38.6 Å². The highest BCUT2D eigenvalue weighted by molar-refractivity contribution is 7.61. The second-order valence-corrected chi connectivity index (χ2v) is 24.4. The minimum absolute atomic E-state index is 0.0194. The quantitative estimate of drug-likeness (QED) is 0.173. The summed E-state index contributed by atoms with van der Waals surface area (Å²) in [6, 6.07) is 10.1. The number of aromatic nitrogens is 1. The number of esters is 1. The zero-order chi connectivity index (χ0) is 48.4. The van der Waals surface area contributed by atoms with Crippen molar-refractivity contribution < 1.29 is 48.0 Å². The Hall–Kier alpha value is -2.54. The van der Waals surface area contributed by atoms with Crippen molar-refractivity contribution in [3.8, 4) is 0 Å². The van der Waals surface area contributed by atoms with E-state index < -0.39 is 85.1 Å². The summed E-state index contributed by atoms with van der Waals surface area (Å²) in [5.41, 5.74) is -0.896. The summed E-state index contributed by atoms with van der Waals surface area (Å²) < 4.78 is 59.7. The SMILES string of the molecule is CC[C@H]1OC(=O)[C@H](C)[C@@H](O[C@H]2CC(C)(C)[C@@H](C)[C@H](C)O2)[C@H](C)[C@@H](O[C@@H]2O[C@H](C)C[C@H](C)[C@H]2C)[C@@](C)(OC/C=C/c2cnc3ccccc3c2)C[C@@H](C)C(=NP(C)(C)=O)[C@H](C)[C@@H](O)[C@]1(C)O. The number of cyclic esters (lactones) is 1. The largest absolute Gasteiger partial charge is 0.459 e. The fourth-order valence-electron chi connectivity index (χ4n) is 10.7. The van der Waals surface area contributed by atoms with Crippen molar-refractivity contribution in [3.05, 3.63) is 48.2 Å². The van der Waals surface area contributed by atoms with Gasteiger partial charge in [0.2, 0.25) is 0 Å². The van der Waals surface area contributed by atoms with Crippen LogP contribution in [0.1, 0.15) is 128 Å². The van der Waals surface area contributed by atoms with Crippen LogP contribution in [0.15, 0.2) is 47.4 Å². The lowest BCUT2D eigenvalue weighted by Gasteiger charge is -2.50. The third kappa shape index (κ3) is 12.8. The zero-order valence-electron chi connectivity index (χ0n) is 42.3. The zero-order valence-corrected chi connectivity index (χ0v) is 43.2. The van der Waals surface area contributed by atoms with Crippen LogP contribution in [-0.4, -0.2) is 107 Å². The number of benzene rings is 1. The Balaban J connectivity index is 1.70. The number of carbonyl (C=O) groups excluding carboxylic acids is 1. The van der Waals surface area contributed by atoms with Gasteiger partial charge in [0, 0.05) is 54.8 Å². The summed E-state index contributed by atoms with van der Waals surface area (Å²) in [5.74, 6) is -2.69. The predicted octanol–water partition coefficient (Wildman–Crippen LogP) is 10.4. The highest BCUT2D eigenvalue weighted by Gasteiger charge is 2.53. The Morgan fingerprint density at radius 3 is 2.26 bits per heavy atom. The lowest BCUT2D eigenvalue weighted by atomic mass is 9.72. The maximum Gasteiger partial charge on any atom is 0.311 e. The van der Waals surface area contributed by atoms with Crippen LogP contribution in [0.5, 0.6) is 0 Å². The molecule has 2 N–H and O–H groups in total. The molecular formula is C52H83N2O10P. The average Bonchev–Trinajstić information content (AvgIpc) is 3.23. The molecule has 0 saturated carbocycles. The highest BCUT2D eigenvalue weighted by Crippen LogP contribution is 2.46. The molecule has 3 fully saturated rings. The van der Waals surface area contributed by atoms with Crippen LogP contribution in [0, 0.1) is 46.8 Å². The van der Waals surface area contributed by atoms with Gasteiger partial charge in [0.25, 0.3) is 0 Å². The number of hydrogen-bond acceptors (Lipinski definition) is 11. The van der Waals surface area contributed by atoms with Gasteiger partial charge >= 0.3 is 5.97 Å². The van der Waals surface area contributed by atoms with E-state index in [0.717, 1.165) is 22.9 Å². The van der Waals surface area contributed by atoms with Gasteiger partial charge in [-0.25, -0.2) is 4.76 Å². The summed E-state index contributed by atoms with van der Waals surface area (Å²) in [4.78, 5) is 19.3. The number of aliphatic hydroxyl groups is 2. The Morgan fingerprint density at radius 2 is 1.62 bits per heavy atom. The normalized spacial score (nSPS) is 41.0.